The molecule has 0 aliphatic carbocycles. The molecule has 0 bridgehead atoms. The van der Waals surface area contributed by atoms with Crippen molar-refractivity contribution in [3.05, 3.63) is 51.8 Å². The molecule has 0 aliphatic heterocycles. The first-order valence-corrected chi connectivity index (χ1v) is 7.87. The fourth-order valence-electron chi connectivity index (χ4n) is 1.72. The van der Waals surface area contributed by atoms with Gasteiger partial charge in [0.25, 0.3) is 0 Å². The standard InChI is InChI=1S/C14H9ClN2OS2/c15-13-9-3-1-2-4-10(9)20-11(13)5-6-12(18)17-14-16-7-8-19-14/h1-8H,(H,16,17,18). The monoisotopic (exact) mass is 320 g/mol. The third-order valence-electron chi connectivity index (χ3n) is 2.61. The molecule has 6 heteroatoms. The van der Waals surface area contributed by atoms with E-state index >= 15 is 0 Å². The van der Waals surface area contributed by atoms with Gasteiger partial charge in [0.05, 0.1) is 5.02 Å². The molecule has 0 saturated carbocycles. The highest BCUT2D eigenvalue weighted by atomic mass is 35.5. The molecule has 20 heavy (non-hydrogen) atoms. The number of hydrogen-bond acceptors (Lipinski definition) is 4. The third kappa shape index (κ3) is 2.75. The van der Waals surface area contributed by atoms with Crippen LogP contribution in [0.5, 0.6) is 0 Å². The van der Waals surface area contributed by atoms with E-state index in [2.05, 4.69) is 10.3 Å². The third-order valence-corrected chi connectivity index (χ3v) is 4.95. The van der Waals surface area contributed by atoms with Gasteiger partial charge >= 0.3 is 0 Å². The van der Waals surface area contributed by atoms with E-state index in [4.69, 9.17) is 11.6 Å². The number of halogens is 1. The number of thiophene rings is 1. The molecule has 1 N–H and O–H groups in total. The number of aromatic nitrogens is 1. The molecule has 2 aromatic heterocycles. The number of nitrogens with zero attached hydrogens (tertiary/aromatic N) is 1. The van der Waals surface area contributed by atoms with Gasteiger partial charge in [-0.1, -0.05) is 29.8 Å². The van der Waals surface area contributed by atoms with Crippen molar-refractivity contribution >= 4 is 61.5 Å². The van der Waals surface area contributed by atoms with E-state index in [0.29, 0.717) is 10.2 Å². The summed E-state index contributed by atoms with van der Waals surface area (Å²) in [5.41, 5.74) is 0. The number of nitrogens with one attached hydrogen (secondary N) is 1. The summed E-state index contributed by atoms with van der Waals surface area (Å²) in [4.78, 5) is 16.6. The molecule has 3 nitrogen and oxygen atoms in total. The summed E-state index contributed by atoms with van der Waals surface area (Å²) in [7, 11) is 0. The second kappa shape index (κ2) is 5.75. The number of thiazole rings is 1. The molecule has 1 amide bonds. The Morgan fingerprint density at radius 2 is 2.20 bits per heavy atom. The molecule has 3 rings (SSSR count). The minimum absolute atomic E-state index is 0.214. The van der Waals surface area contributed by atoms with Crippen LogP contribution in [0.25, 0.3) is 16.2 Å². The number of benzene rings is 1. The topological polar surface area (TPSA) is 42.0 Å². The number of anilines is 1. The van der Waals surface area contributed by atoms with E-state index < -0.39 is 0 Å². The van der Waals surface area contributed by atoms with Crippen LogP contribution >= 0.6 is 34.3 Å². The highest BCUT2D eigenvalue weighted by Gasteiger charge is 2.07. The van der Waals surface area contributed by atoms with Crippen LogP contribution in [0.3, 0.4) is 0 Å². The number of carbonyl (C=O) groups excluding carboxylic acids is 1. The van der Waals surface area contributed by atoms with Gasteiger partial charge in [0.2, 0.25) is 5.91 Å². The van der Waals surface area contributed by atoms with Crippen molar-refractivity contribution in [1.82, 2.24) is 4.98 Å². The SMILES string of the molecule is O=C(C=Cc1sc2ccccc2c1Cl)Nc1nccs1. The molecule has 1 aromatic carbocycles. The zero-order valence-corrected chi connectivity index (χ0v) is 12.6. The summed E-state index contributed by atoms with van der Waals surface area (Å²) in [6.45, 7) is 0. The van der Waals surface area contributed by atoms with Crippen molar-refractivity contribution in [3.63, 3.8) is 0 Å². The lowest BCUT2D eigenvalue weighted by atomic mass is 10.2. The van der Waals surface area contributed by atoms with Crippen LogP contribution in [0.4, 0.5) is 5.13 Å². The van der Waals surface area contributed by atoms with Crippen LogP contribution in [0.2, 0.25) is 5.02 Å². The van der Waals surface area contributed by atoms with Crippen LogP contribution in [0.1, 0.15) is 4.88 Å². The quantitative estimate of drug-likeness (QED) is 0.713. The molecule has 0 unspecified atom stereocenters. The molecule has 0 aliphatic rings. The second-order valence-corrected chi connectivity index (χ2v) is 6.29. The van der Waals surface area contributed by atoms with Crippen LogP contribution in [-0.2, 0) is 4.79 Å². The van der Waals surface area contributed by atoms with E-state index in [1.165, 1.54) is 17.4 Å². The smallest absolute Gasteiger partial charge is 0.250 e. The fourth-order valence-corrected chi connectivity index (χ4v) is 3.65. The van der Waals surface area contributed by atoms with Gasteiger partial charge in [0, 0.05) is 32.6 Å². The number of hydrogen-bond donors (Lipinski definition) is 1. The average molecular weight is 321 g/mol. The van der Waals surface area contributed by atoms with Crippen molar-refractivity contribution in [3.8, 4) is 0 Å². The predicted octanol–water partition coefficient (Wildman–Crippen LogP) is 4.66. The van der Waals surface area contributed by atoms with Gasteiger partial charge in [-0.05, 0) is 12.1 Å². The summed E-state index contributed by atoms with van der Waals surface area (Å²) in [5, 5.41) is 6.78. The van der Waals surface area contributed by atoms with E-state index in [1.807, 2.05) is 29.6 Å². The molecule has 0 saturated heterocycles. The minimum atomic E-state index is -0.214. The molecule has 0 radical (unpaired) electrons. The molecule has 100 valence electrons. The van der Waals surface area contributed by atoms with Gasteiger partial charge in [0.1, 0.15) is 0 Å². The molecule has 0 atom stereocenters. The minimum Gasteiger partial charge on any atom is -0.298 e. The molecule has 3 aromatic rings. The second-order valence-electron chi connectivity index (χ2n) is 3.94. The lowest BCUT2D eigenvalue weighted by molar-refractivity contribution is -0.111. The first kappa shape index (κ1) is 13.3. The molecular formula is C14H9ClN2OS2. The zero-order valence-electron chi connectivity index (χ0n) is 10.2. The van der Waals surface area contributed by atoms with Crippen LogP contribution in [0, 0.1) is 0 Å². The molecule has 0 spiro atoms. The average Bonchev–Trinajstić information content (AvgIpc) is 3.06. The van der Waals surface area contributed by atoms with Crippen molar-refractivity contribution < 1.29 is 4.79 Å². The molecule has 2 heterocycles. The highest BCUT2D eigenvalue weighted by Crippen LogP contribution is 2.35. The Hall–Kier alpha value is -1.69. The number of amides is 1. The Labute approximate surface area is 128 Å². The van der Waals surface area contributed by atoms with Crippen molar-refractivity contribution in [1.29, 1.82) is 0 Å². The summed E-state index contributed by atoms with van der Waals surface area (Å²) < 4.78 is 1.11. The lowest BCUT2D eigenvalue weighted by Crippen LogP contribution is -2.06. The fraction of sp³-hybridized carbons (Fsp3) is 0. The first-order chi connectivity index (χ1) is 9.74. The van der Waals surface area contributed by atoms with Gasteiger partial charge in [-0.2, -0.15) is 0 Å². The van der Waals surface area contributed by atoms with Crippen LogP contribution < -0.4 is 5.32 Å². The van der Waals surface area contributed by atoms with Crippen molar-refractivity contribution in [2.75, 3.05) is 5.32 Å². The summed E-state index contributed by atoms with van der Waals surface area (Å²) in [6, 6.07) is 7.90. The highest BCUT2D eigenvalue weighted by molar-refractivity contribution is 7.20. The van der Waals surface area contributed by atoms with E-state index in [1.54, 1.807) is 23.6 Å². The van der Waals surface area contributed by atoms with Crippen LogP contribution in [0.15, 0.2) is 41.9 Å². The van der Waals surface area contributed by atoms with Gasteiger partial charge in [-0.15, -0.1) is 22.7 Å². The molecule has 0 fully saturated rings. The maximum atomic E-state index is 11.7. The Bertz CT molecular complexity index is 778. The van der Waals surface area contributed by atoms with Gasteiger partial charge < -0.3 is 0 Å². The largest absolute Gasteiger partial charge is 0.298 e. The molecular weight excluding hydrogens is 312 g/mol. The van der Waals surface area contributed by atoms with E-state index in [-0.39, 0.29) is 5.91 Å². The van der Waals surface area contributed by atoms with Crippen LogP contribution in [-0.4, -0.2) is 10.9 Å². The Morgan fingerprint density at radius 3 is 2.95 bits per heavy atom. The summed E-state index contributed by atoms with van der Waals surface area (Å²) in [6.07, 6.45) is 4.85. The first-order valence-electron chi connectivity index (χ1n) is 5.79. The van der Waals surface area contributed by atoms with E-state index in [9.17, 15) is 4.79 Å². The summed E-state index contributed by atoms with van der Waals surface area (Å²) in [5.74, 6) is -0.214. The maximum absolute atomic E-state index is 11.7. The Balaban J connectivity index is 1.80. The predicted molar refractivity (Wildman–Crippen MR) is 86.6 cm³/mol. The number of rotatable bonds is 3. The maximum Gasteiger partial charge on any atom is 0.250 e. The normalized spacial score (nSPS) is 11.2. The Morgan fingerprint density at radius 1 is 1.35 bits per heavy atom. The Kier molecular flexibility index (Phi) is 3.82. The van der Waals surface area contributed by atoms with Gasteiger partial charge in [-0.3, -0.25) is 10.1 Å². The number of fused-ring (bicyclic) bond motifs is 1. The lowest BCUT2D eigenvalue weighted by Gasteiger charge is -1.94. The van der Waals surface area contributed by atoms with Gasteiger partial charge in [0.15, 0.2) is 5.13 Å². The zero-order chi connectivity index (χ0) is 13.9. The van der Waals surface area contributed by atoms with Gasteiger partial charge in [-0.25, -0.2) is 4.98 Å². The summed E-state index contributed by atoms with van der Waals surface area (Å²) >= 11 is 9.24. The van der Waals surface area contributed by atoms with Crippen molar-refractivity contribution in [2.24, 2.45) is 0 Å². The number of carbonyl (C=O) groups is 1. The van der Waals surface area contributed by atoms with Crippen molar-refractivity contribution in [2.45, 2.75) is 0 Å². The van der Waals surface area contributed by atoms with E-state index in [0.717, 1.165) is 15.0 Å².